The molecule has 0 saturated heterocycles. The van der Waals surface area contributed by atoms with Crippen LogP contribution in [0, 0.1) is 11.6 Å². The van der Waals surface area contributed by atoms with Crippen LogP contribution in [0.5, 0.6) is 0 Å². The Bertz CT molecular complexity index is 339. The molecule has 0 spiro atoms. The molecule has 1 aromatic carbocycles. The van der Waals surface area contributed by atoms with E-state index in [4.69, 9.17) is 0 Å². The fourth-order valence-electron chi connectivity index (χ4n) is 0.688. The minimum Gasteiger partial charge on any atom is -0.298 e. The van der Waals surface area contributed by atoms with Gasteiger partial charge in [0.15, 0.2) is 12.1 Å². The standard InChI is InChI=1S/C7H2Br2F2O/c8-4-1-5(10)3(2-12)7(11)6(4)9/h1-2H. The van der Waals surface area contributed by atoms with Gasteiger partial charge in [-0.1, -0.05) is 0 Å². The Labute approximate surface area is 84.0 Å². The predicted octanol–water partition coefficient (Wildman–Crippen LogP) is 3.30. The van der Waals surface area contributed by atoms with Gasteiger partial charge < -0.3 is 0 Å². The lowest BCUT2D eigenvalue weighted by molar-refractivity contribution is 0.111. The number of halogens is 4. The molecule has 1 nitrogen and oxygen atoms in total. The van der Waals surface area contributed by atoms with Gasteiger partial charge >= 0.3 is 0 Å². The van der Waals surface area contributed by atoms with Crippen LogP contribution in [0.3, 0.4) is 0 Å². The van der Waals surface area contributed by atoms with Crippen LogP contribution in [0.2, 0.25) is 0 Å². The highest BCUT2D eigenvalue weighted by Crippen LogP contribution is 2.29. The van der Waals surface area contributed by atoms with Gasteiger partial charge in [-0.25, -0.2) is 8.78 Å². The first-order valence-corrected chi connectivity index (χ1v) is 4.44. The highest BCUT2D eigenvalue weighted by atomic mass is 79.9. The molecule has 0 atom stereocenters. The van der Waals surface area contributed by atoms with E-state index in [0.29, 0.717) is 0 Å². The minimum atomic E-state index is -0.892. The minimum absolute atomic E-state index is 0.0472. The second-order valence-electron chi connectivity index (χ2n) is 2.00. The maximum atomic E-state index is 13.0. The first-order valence-electron chi connectivity index (χ1n) is 2.86. The Balaban J connectivity index is 3.51. The molecule has 0 aliphatic rings. The zero-order valence-corrected chi connectivity index (χ0v) is 8.75. The van der Waals surface area contributed by atoms with Gasteiger partial charge in [0, 0.05) is 4.47 Å². The van der Waals surface area contributed by atoms with E-state index in [2.05, 4.69) is 31.9 Å². The van der Waals surface area contributed by atoms with Crippen LogP contribution in [0.4, 0.5) is 8.78 Å². The molecule has 64 valence electrons. The molecule has 5 heteroatoms. The molecular weight excluding hydrogens is 298 g/mol. The zero-order chi connectivity index (χ0) is 9.30. The van der Waals surface area contributed by atoms with Crippen molar-refractivity contribution in [2.24, 2.45) is 0 Å². The summed E-state index contributed by atoms with van der Waals surface area (Å²) >= 11 is 5.77. The lowest BCUT2D eigenvalue weighted by atomic mass is 10.2. The molecule has 0 aliphatic carbocycles. The van der Waals surface area contributed by atoms with Crippen LogP contribution < -0.4 is 0 Å². The van der Waals surface area contributed by atoms with E-state index in [1.54, 1.807) is 0 Å². The molecule has 0 fully saturated rings. The molecule has 0 N–H and O–H groups in total. The van der Waals surface area contributed by atoms with E-state index in [1.807, 2.05) is 0 Å². The van der Waals surface area contributed by atoms with Crippen molar-refractivity contribution in [3.8, 4) is 0 Å². The maximum Gasteiger partial charge on any atom is 0.156 e. The molecule has 1 rings (SSSR count). The molecule has 0 bridgehead atoms. The van der Waals surface area contributed by atoms with Gasteiger partial charge in [0.25, 0.3) is 0 Å². The van der Waals surface area contributed by atoms with Crippen LogP contribution in [-0.2, 0) is 0 Å². The lowest BCUT2D eigenvalue weighted by Gasteiger charge is -2.01. The fraction of sp³-hybridized carbons (Fsp3) is 0. The number of aldehydes is 1. The number of carbonyl (C=O) groups is 1. The summed E-state index contributed by atoms with van der Waals surface area (Å²) in [6.45, 7) is 0. The molecule has 12 heavy (non-hydrogen) atoms. The van der Waals surface area contributed by atoms with Gasteiger partial charge in [-0.15, -0.1) is 0 Å². The third-order valence-corrected chi connectivity index (χ3v) is 3.20. The Morgan fingerprint density at radius 2 is 1.92 bits per heavy atom. The van der Waals surface area contributed by atoms with Crippen molar-refractivity contribution in [2.75, 3.05) is 0 Å². The Hall–Kier alpha value is -0.290. The van der Waals surface area contributed by atoms with Crippen molar-refractivity contribution in [2.45, 2.75) is 0 Å². The number of rotatable bonds is 1. The van der Waals surface area contributed by atoms with Gasteiger partial charge in [0.2, 0.25) is 0 Å². The highest BCUT2D eigenvalue weighted by molar-refractivity contribution is 9.13. The second kappa shape index (κ2) is 3.62. The SMILES string of the molecule is O=Cc1c(F)cc(Br)c(Br)c1F. The summed E-state index contributed by atoms with van der Waals surface area (Å²) in [6, 6.07) is 1.02. The van der Waals surface area contributed by atoms with Gasteiger partial charge in [-0.05, 0) is 37.9 Å². The summed E-state index contributed by atoms with van der Waals surface area (Å²) in [5.74, 6) is -1.77. The molecule has 0 unspecified atom stereocenters. The first-order chi connectivity index (χ1) is 5.57. The average molecular weight is 300 g/mol. The van der Waals surface area contributed by atoms with Crippen LogP contribution in [-0.4, -0.2) is 6.29 Å². The Morgan fingerprint density at radius 1 is 1.33 bits per heavy atom. The van der Waals surface area contributed by atoms with Crippen LogP contribution >= 0.6 is 31.9 Å². The van der Waals surface area contributed by atoms with E-state index >= 15 is 0 Å². The second-order valence-corrected chi connectivity index (χ2v) is 3.65. The van der Waals surface area contributed by atoms with E-state index in [-0.39, 0.29) is 15.2 Å². The molecule has 1 aromatic rings. The molecule has 0 amide bonds. The summed E-state index contributed by atoms with van der Waals surface area (Å²) < 4.78 is 26.0. The molecule has 0 aromatic heterocycles. The average Bonchev–Trinajstić information content (AvgIpc) is 2.01. The van der Waals surface area contributed by atoms with Crippen molar-refractivity contribution in [3.05, 3.63) is 32.2 Å². The largest absolute Gasteiger partial charge is 0.298 e. The first kappa shape index (κ1) is 9.80. The van der Waals surface area contributed by atoms with E-state index in [9.17, 15) is 13.6 Å². The van der Waals surface area contributed by atoms with Crippen molar-refractivity contribution < 1.29 is 13.6 Å². The molecule has 0 heterocycles. The molecule has 0 radical (unpaired) electrons. The van der Waals surface area contributed by atoms with Crippen LogP contribution in [0.25, 0.3) is 0 Å². The summed E-state index contributed by atoms with van der Waals surface area (Å²) in [7, 11) is 0. The monoisotopic (exact) mass is 298 g/mol. The van der Waals surface area contributed by atoms with Crippen LogP contribution in [0.15, 0.2) is 15.0 Å². The van der Waals surface area contributed by atoms with E-state index in [0.717, 1.165) is 6.07 Å². The van der Waals surface area contributed by atoms with Gasteiger partial charge in [-0.2, -0.15) is 0 Å². The van der Waals surface area contributed by atoms with Gasteiger partial charge in [-0.3, -0.25) is 4.79 Å². The normalized spacial score (nSPS) is 10.0. The topological polar surface area (TPSA) is 17.1 Å². The van der Waals surface area contributed by atoms with Crippen molar-refractivity contribution in [1.82, 2.24) is 0 Å². The summed E-state index contributed by atoms with van der Waals surface area (Å²) in [6.07, 6.45) is 0.141. The zero-order valence-electron chi connectivity index (χ0n) is 5.57. The third-order valence-electron chi connectivity index (χ3n) is 1.27. The quantitative estimate of drug-likeness (QED) is 0.442. The number of carbonyl (C=O) groups excluding carboxylic acids is 1. The van der Waals surface area contributed by atoms with E-state index in [1.165, 1.54) is 0 Å². The maximum absolute atomic E-state index is 13.0. The summed E-state index contributed by atoms with van der Waals surface area (Å²) in [5, 5.41) is 0. The number of hydrogen-bond donors (Lipinski definition) is 0. The Kier molecular flexibility index (Phi) is 2.95. The predicted molar refractivity (Wildman–Crippen MR) is 47.1 cm³/mol. The Morgan fingerprint density at radius 3 is 2.42 bits per heavy atom. The van der Waals surface area contributed by atoms with Crippen molar-refractivity contribution >= 4 is 38.1 Å². The molecule has 0 aliphatic heterocycles. The smallest absolute Gasteiger partial charge is 0.156 e. The third kappa shape index (κ3) is 1.56. The molecular formula is C7H2Br2F2O. The van der Waals surface area contributed by atoms with E-state index < -0.39 is 17.2 Å². The van der Waals surface area contributed by atoms with Crippen LogP contribution in [0.1, 0.15) is 10.4 Å². The fourth-order valence-corrected chi connectivity index (χ4v) is 1.39. The highest BCUT2D eigenvalue weighted by Gasteiger charge is 2.14. The van der Waals surface area contributed by atoms with Gasteiger partial charge in [0.1, 0.15) is 5.82 Å². The van der Waals surface area contributed by atoms with Gasteiger partial charge in [0.05, 0.1) is 10.0 Å². The number of benzene rings is 1. The summed E-state index contributed by atoms with van der Waals surface area (Å²) in [4.78, 5) is 10.2. The number of hydrogen-bond acceptors (Lipinski definition) is 1. The van der Waals surface area contributed by atoms with Crippen molar-refractivity contribution in [1.29, 1.82) is 0 Å². The molecule has 0 saturated carbocycles. The van der Waals surface area contributed by atoms with Crippen molar-refractivity contribution in [3.63, 3.8) is 0 Å². The lowest BCUT2D eigenvalue weighted by Crippen LogP contribution is -1.95. The summed E-state index contributed by atoms with van der Waals surface area (Å²) in [5.41, 5.74) is -0.565.